The number of ketones is 1. The van der Waals surface area contributed by atoms with E-state index in [0.717, 1.165) is 25.3 Å². The van der Waals surface area contributed by atoms with E-state index in [2.05, 4.69) is 18.7 Å². The zero-order valence-corrected chi connectivity index (χ0v) is 12.8. The van der Waals surface area contributed by atoms with Gasteiger partial charge in [-0.05, 0) is 6.42 Å². The fourth-order valence-corrected chi connectivity index (χ4v) is 3.65. The number of thioether (sulfide) groups is 1. The molecule has 1 amide bonds. The van der Waals surface area contributed by atoms with Gasteiger partial charge in [0, 0.05) is 49.5 Å². The summed E-state index contributed by atoms with van der Waals surface area (Å²) in [4.78, 5) is 27.5. The molecule has 4 nitrogen and oxygen atoms in total. The lowest BCUT2D eigenvalue weighted by Crippen LogP contribution is -2.44. The highest BCUT2D eigenvalue weighted by atomic mass is 32.2. The molecule has 0 aromatic carbocycles. The SMILES string of the molecule is CC1(C)CCN(CC(=O)N2CCC(=O)CC2)CCS1. The van der Waals surface area contributed by atoms with E-state index < -0.39 is 0 Å². The summed E-state index contributed by atoms with van der Waals surface area (Å²) in [6.45, 7) is 8.30. The number of Topliss-reactive ketones (excluding diaryl/α,β-unsaturated/α-hetero) is 1. The first-order valence-corrected chi connectivity index (χ1v) is 8.11. The third-order valence-corrected chi connectivity index (χ3v) is 5.34. The highest BCUT2D eigenvalue weighted by Gasteiger charge is 2.26. The van der Waals surface area contributed by atoms with Crippen LogP contribution < -0.4 is 0 Å². The average Bonchev–Trinajstić information content (AvgIpc) is 2.52. The number of carbonyl (C=O) groups is 2. The Morgan fingerprint density at radius 1 is 1.21 bits per heavy atom. The lowest BCUT2D eigenvalue weighted by atomic mass is 10.1. The topological polar surface area (TPSA) is 40.6 Å². The quantitative estimate of drug-likeness (QED) is 0.768. The number of carbonyl (C=O) groups excluding carboxylic acids is 2. The second kappa shape index (κ2) is 6.27. The molecule has 0 saturated carbocycles. The van der Waals surface area contributed by atoms with E-state index in [1.165, 1.54) is 0 Å². The Bertz CT molecular complexity index is 347. The van der Waals surface area contributed by atoms with Crippen LogP contribution in [0.2, 0.25) is 0 Å². The Labute approximate surface area is 119 Å². The molecule has 108 valence electrons. The second-order valence-electron chi connectivity index (χ2n) is 6.05. The molecule has 0 aromatic rings. The minimum atomic E-state index is 0.192. The molecular weight excluding hydrogens is 260 g/mol. The first-order chi connectivity index (χ1) is 8.96. The first-order valence-electron chi connectivity index (χ1n) is 7.12. The summed E-state index contributed by atoms with van der Waals surface area (Å²) < 4.78 is 0.329. The van der Waals surface area contributed by atoms with Gasteiger partial charge in [0.25, 0.3) is 0 Å². The fraction of sp³-hybridized carbons (Fsp3) is 0.857. The largest absolute Gasteiger partial charge is 0.341 e. The van der Waals surface area contributed by atoms with Crippen molar-refractivity contribution in [3.63, 3.8) is 0 Å². The summed E-state index contributed by atoms with van der Waals surface area (Å²) in [5.74, 6) is 1.58. The van der Waals surface area contributed by atoms with Crippen molar-refractivity contribution in [2.45, 2.75) is 37.9 Å². The fourth-order valence-electron chi connectivity index (χ4n) is 2.52. The van der Waals surface area contributed by atoms with E-state index in [0.29, 0.717) is 37.2 Å². The van der Waals surface area contributed by atoms with Gasteiger partial charge in [-0.3, -0.25) is 14.5 Å². The summed E-state index contributed by atoms with van der Waals surface area (Å²) >= 11 is 2.00. The van der Waals surface area contributed by atoms with Crippen LogP contribution in [-0.4, -0.2) is 64.7 Å². The van der Waals surface area contributed by atoms with Gasteiger partial charge in [0.2, 0.25) is 5.91 Å². The Morgan fingerprint density at radius 2 is 1.89 bits per heavy atom. The van der Waals surface area contributed by atoms with Crippen LogP contribution >= 0.6 is 11.8 Å². The summed E-state index contributed by atoms with van der Waals surface area (Å²) in [6.07, 6.45) is 2.20. The van der Waals surface area contributed by atoms with E-state index in [9.17, 15) is 9.59 Å². The Morgan fingerprint density at radius 3 is 2.58 bits per heavy atom. The minimum Gasteiger partial charge on any atom is -0.341 e. The Kier molecular flexibility index (Phi) is 4.90. The molecule has 0 aliphatic carbocycles. The Hall–Kier alpha value is -0.550. The van der Waals surface area contributed by atoms with Gasteiger partial charge in [-0.2, -0.15) is 11.8 Å². The molecule has 0 aromatic heterocycles. The average molecular weight is 284 g/mol. The van der Waals surface area contributed by atoms with Crippen molar-refractivity contribution in [2.24, 2.45) is 0 Å². The van der Waals surface area contributed by atoms with Crippen molar-refractivity contribution in [3.05, 3.63) is 0 Å². The molecule has 19 heavy (non-hydrogen) atoms. The standard InChI is InChI=1S/C14H24N2O2S/c1-14(2)5-8-15(9-10-19-14)11-13(18)16-6-3-12(17)4-7-16/h3-11H2,1-2H3. The normalized spacial score (nSPS) is 25.2. The van der Waals surface area contributed by atoms with Gasteiger partial charge < -0.3 is 4.90 Å². The first kappa shape index (κ1) is 14.9. The smallest absolute Gasteiger partial charge is 0.236 e. The molecule has 5 heteroatoms. The maximum absolute atomic E-state index is 12.2. The zero-order valence-electron chi connectivity index (χ0n) is 12.0. The van der Waals surface area contributed by atoms with Crippen LogP contribution in [0, 0.1) is 0 Å². The van der Waals surface area contributed by atoms with Gasteiger partial charge in [0.05, 0.1) is 6.54 Å². The molecule has 2 fully saturated rings. The highest BCUT2D eigenvalue weighted by Crippen LogP contribution is 2.30. The molecule has 2 rings (SSSR count). The number of likely N-dealkylation sites (tertiary alicyclic amines) is 1. The Balaban J connectivity index is 1.80. The predicted molar refractivity (Wildman–Crippen MR) is 78.4 cm³/mol. The van der Waals surface area contributed by atoms with Gasteiger partial charge in [-0.1, -0.05) is 13.8 Å². The van der Waals surface area contributed by atoms with Crippen molar-refractivity contribution in [2.75, 3.05) is 38.5 Å². The molecule has 2 heterocycles. The number of hydrogen-bond acceptors (Lipinski definition) is 4. The summed E-state index contributed by atoms with van der Waals surface area (Å²) in [6, 6.07) is 0. The maximum atomic E-state index is 12.2. The predicted octanol–water partition coefficient (Wildman–Crippen LogP) is 1.40. The van der Waals surface area contributed by atoms with E-state index in [-0.39, 0.29) is 11.7 Å². The second-order valence-corrected chi connectivity index (χ2v) is 7.86. The molecular formula is C14H24N2O2S. The number of amides is 1. The summed E-state index contributed by atoms with van der Waals surface area (Å²) in [7, 11) is 0. The van der Waals surface area contributed by atoms with E-state index in [1.54, 1.807) is 0 Å². The van der Waals surface area contributed by atoms with Crippen LogP contribution in [0.4, 0.5) is 0 Å². The van der Waals surface area contributed by atoms with Crippen LogP contribution in [-0.2, 0) is 9.59 Å². The van der Waals surface area contributed by atoms with Gasteiger partial charge >= 0.3 is 0 Å². The van der Waals surface area contributed by atoms with E-state index in [1.807, 2.05) is 16.7 Å². The molecule has 2 aliphatic heterocycles. The number of hydrogen-bond donors (Lipinski definition) is 0. The molecule has 0 bridgehead atoms. The number of nitrogens with zero attached hydrogens (tertiary/aromatic N) is 2. The summed E-state index contributed by atoms with van der Waals surface area (Å²) in [5, 5.41) is 0. The van der Waals surface area contributed by atoms with Gasteiger partial charge in [-0.25, -0.2) is 0 Å². The van der Waals surface area contributed by atoms with Gasteiger partial charge in [0.1, 0.15) is 5.78 Å². The zero-order chi connectivity index (χ0) is 13.9. The van der Waals surface area contributed by atoms with E-state index in [4.69, 9.17) is 0 Å². The molecule has 0 atom stereocenters. The maximum Gasteiger partial charge on any atom is 0.236 e. The molecule has 0 N–H and O–H groups in total. The van der Waals surface area contributed by atoms with Crippen molar-refractivity contribution in [3.8, 4) is 0 Å². The molecule has 0 radical (unpaired) electrons. The van der Waals surface area contributed by atoms with Gasteiger partial charge in [0.15, 0.2) is 0 Å². The number of rotatable bonds is 2. The van der Waals surface area contributed by atoms with Crippen molar-refractivity contribution >= 4 is 23.5 Å². The van der Waals surface area contributed by atoms with Crippen LogP contribution in [0.1, 0.15) is 33.1 Å². The lowest BCUT2D eigenvalue weighted by Gasteiger charge is -2.29. The van der Waals surface area contributed by atoms with E-state index >= 15 is 0 Å². The molecule has 2 aliphatic rings. The highest BCUT2D eigenvalue weighted by molar-refractivity contribution is 8.00. The van der Waals surface area contributed by atoms with Crippen LogP contribution in [0.5, 0.6) is 0 Å². The minimum absolute atomic E-state index is 0.192. The van der Waals surface area contributed by atoms with Crippen LogP contribution in [0.3, 0.4) is 0 Å². The lowest BCUT2D eigenvalue weighted by molar-refractivity contribution is -0.135. The third kappa shape index (κ3) is 4.49. The van der Waals surface area contributed by atoms with Crippen LogP contribution in [0.15, 0.2) is 0 Å². The van der Waals surface area contributed by atoms with Crippen LogP contribution in [0.25, 0.3) is 0 Å². The van der Waals surface area contributed by atoms with Crippen molar-refractivity contribution in [1.82, 2.24) is 9.80 Å². The van der Waals surface area contributed by atoms with Gasteiger partial charge in [-0.15, -0.1) is 0 Å². The molecule has 2 saturated heterocycles. The number of piperidine rings is 1. The summed E-state index contributed by atoms with van der Waals surface area (Å²) in [5.41, 5.74) is 0. The molecule has 0 unspecified atom stereocenters. The molecule has 0 spiro atoms. The van der Waals surface area contributed by atoms with Crippen molar-refractivity contribution < 1.29 is 9.59 Å². The third-order valence-electron chi connectivity index (χ3n) is 3.96. The van der Waals surface area contributed by atoms with Crippen molar-refractivity contribution in [1.29, 1.82) is 0 Å². The monoisotopic (exact) mass is 284 g/mol.